The lowest BCUT2D eigenvalue weighted by Gasteiger charge is -2.31. The average Bonchev–Trinajstić information content (AvgIpc) is 2.53. The smallest absolute Gasteiger partial charge is 0.367 e. The second-order valence-corrected chi connectivity index (χ2v) is 4.89. The number of esters is 3. The first kappa shape index (κ1) is 16.4. The highest BCUT2D eigenvalue weighted by molar-refractivity contribution is 5.94. The largest absolute Gasteiger partial charge is 0.437 e. The number of ether oxygens (including phenoxy) is 2. The van der Waals surface area contributed by atoms with Gasteiger partial charge in [-0.05, 0) is 0 Å². The van der Waals surface area contributed by atoms with Crippen molar-refractivity contribution in [3.05, 3.63) is 71.8 Å². The Balaban J connectivity index is 2.70. The van der Waals surface area contributed by atoms with E-state index in [1.54, 1.807) is 60.7 Å². The number of hydrogen-bond donors (Lipinski definition) is 0. The maximum Gasteiger partial charge on any atom is 0.367 e. The van der Waals surface area contributed by atoms with Crippen molar-refractivity contribution < 1.29 is 23.9 Å². The molecule has 2 aromatic carbocycles. The molecule has 2 aromatic rings. The van der Waals surface area contributed by atoms with Crippen LogP contribution in [0.2, 0.25) is 0 Å². The first-order valence-electron chi connectivity index (χ1n) is 7.00. The lowest BCUT2D eigenvalue weighted by Crippen LogP contribution is -2.43. The molecule has 0 aliphatic rings. The van der Waals surface area contributed by atoms with Gasteiger partial charge in [-0.15, -0.1) is 0 Å². The molecule has 0 atom stereocenters. The average molecular weight is 312 g/mol. The second kappa shape index (κ2) is 6.87. The molecule has 0 unspecified atom stereocenters. The second-order valence-electron chi connectivity index (χ2n) is 4.89. The molecular weight excluding hydrogens is 296 g/mol. The number of benzene rings is 2. The van der Waals surface area contributed by atoms with Crippen LogP contribution in [0, 0.1) is 0 Å². The fraction of sp³-hybridized carbons (Fsp3) is 0.167. The van der Waals surface area contributed by atoms with Gasteiger partial charge in [0.1, 0.15) is 0 Å². The van der Waals surface area contributed by atoms with Gasteiger partial charge < -0.3 is 9.47 Å². The van der Waals surface area contributed by atoms with Crippen LogP contribution in [0.5, 0.6) is 0 Å². The lowest BCUT2D eigenvalue weighted by atomic mass is 9.86. The van der Waals surface area contributed by atoms with Crippen LogP contribution in [0.4, 0.5) is 0 Å². The minimum atomic E-state index is -1.83. The molecule has 0 heterocycles. The Morgan fingerprint density at radius 2 is 1.17 bits per heavy atom. The van der Waals surface area contributed by atoms with Gasteiger partial charge in [-0.2, -0.15) is 0 Å². The van der Waals surface area contributed by atoms with Gasteiger partial charge in [0.2, 0.25) is 0 Å². The standard InChI is InChI=1S/C18H16O5/c1-13(19)22-17(21)18(23-14(2)20,15-9-5-3-6-10-15)16-11-7-4-8-12-16/h3-12H,1-2H3. The summed E-state index contributed by atoms with van der Waals surface area (Å²) in [4.78, 5) is 35.6. The molecule has 0 aliphatic carbocycles. The van der Waals surface area contributed by atoms with E-state index in [1.807, 2.05) is 0 Å². The summed E-state index contributed by atoms with van der Waals surface area (Å²) >= 11 is 0. The summed E-state index contributed by atoms with van der Waals surface area (Å²) in [7, 11) is 0. The van der Waals surface area contributed by atoms with E-state index in [0.717, 1.165) is 6.92 Å². The van der Waals surface area contributed by atoms with E-state index in [1.165, 1.54) is 6.92 Å². The van der Waals surface area contributed by atoms with E-state index in [9.17, 15) is 14.4 Å². The molecule has 23 heavy (non-hydrogen) atoms. The third kappa shape index (κ3) is 3.45. The summed E-state index contributed by atoms with van der Waals surface area (Å²) in [5.41, 5.74) is -1.04. The molecule has 0 bridgehead atoms. The Morgan fingerprint density at radius 3 is 1.52 bits per heavy atom. The van der Waals surface area contributed by atoms with Gasteiger partial charge in [-0.25, -0.2) is 4.79 Å². The number of hydrogen-bond acceptors (Lipinski definition) is 5. The molecular formula is C18H16O5. The quantitative estimate of drug-likeness (QED) is 0.641. The Kier molecular flexibility index (Phi) is 4.91. The van der Waals surface area contributed by atoms with Crippen molar-refractivity contribution in [3.8, 4) is 0 Å². The summed E-state index contributed by atoms with van der Waals surface area (Å²) in [5.74, 6) is -2.41. The van der Waals surface area contributed by atoms with Gasteiger partial charge in [0.25, 0.3) is 5.60 Å². The highest BCUT2D eigenvalue weighted by atomic mass is 16.6. The van der Waals surface area contributed by atoms with Crippen molar-refractivity contribution in [3.63, 3.8) is 0 Å². The SMILES string of the molecule is CC(=O)OC(=O)C(OC(C)=O)(c1ccccc1)c1ccccc1. The number of carbonyl (C=O) groups excluding carboxylic acids is 3. The van der Waals surface area contributed by atoms with Gasteiger partial charge in [0, 0.05) is 25.0 Å². The molecule has 5 nitrogen and oxygen atoms in total. The summed E-state index contributed by atoms with van der Waals surface area (Å²) in [6.45, 7) is 2.31. The zero-order valence-corrected chi connectivity index (χ0v) is 12.8. The molecule has 5 heteroatoms. The van der Waals surface area contributed by atoms with E-state index < -0.39 is 23.5 Å². The normalized spacial score (nSPS) is 10.7. The van der Waals surface area contributed by atoms with Crippen LogP contribution in [0.3, 0.4) is 0 Å². The van der Waals surface area contributed by atoms with Gasteiger partial charge in [0.15, 0.2) is 0 Å². The fourth-order valence-electron chi connectivity index (χ4n) is 2.33. The third-order valence-electron chi connectivity index (χ3n) is 3.18. The van der Waals surface area contributed by atoms with Crippen molar-refractivity contribution in [1.82, 2.24) is 0 Å². The molecule has 0 saturated carbocycles. The molecule has 0 fully saturated rings. The Hall–Kier alpha value is -2.95. The number of rotatable bonds is 4. The van der Waals surface area contributed by atoms with E-state index in [0.29, 0.717) is 11.1 Å². The number of carbonyl (C=O) groups is 3. The van der Waals surface area contributed by atoms with Crippen molar-refractivity contribution in [2.45, 2.75) is 19.4 Å². The van der Waals surface area contributed by atoms with Gasteiger partial charge in [-0.1, -0.05) is 60.7 Å². The van der Waals surface area contributed by atoms with Crippen molar-refractivity contribution in [2.24, 2.45) is 0 Å². The molecule has 0 aliphatic heterocycles. The molecule has 0 saturated heterocycles. The van der Waals surface area contributed by atoms with Gasteiger partial charge >= 0.3 is 17.9 Å². The lowest BCUT2D eigenvalue weighted by molar-refractivity contribution is -0.181. The van der Waals surface area contributed by atoms with Crippen LogP contribution >= 0.6 is 0 Å². The predicted octanol–water partition coefficient (Wildman–Crippen LogP) is 2.58. The minimum Gasteiger partial charge on any atom is -0.437 e. The first-order chi connectivity index (χ1) is 11.0. The van der Waals surface area contributed by atoms with Crippen LogP contribution < -0.4 is 0 Å². The maximum atomic E-state index is 12.7. The van der Waals surface area contributed by atoms with Gasteiger partial charge in [-0.3, -0.25) is 9.59 Å². The monoisotopic (exact) mass is 312 g/mol. The summed E-state index contributed by atoms with van der Waals surface area (Å²) < 4.78 is 10.2. The van der Waals surface area contributed by atoms with Crippen LogP contribution in [-0.4, -0.2) is 17.9 Å². The maximum absolute atomic E-state index is 12.7. The Morgan fingerprint density at radius 1 is 0.739 bits per heavy atom. The van der Waals surface area contributed by atoms with Crippen molar-refractivity contribution in [2.75, 3.05) is 0 Å². The molecule has 0 N–H and O–H groups in total. The van der Waals surface area contributed by atoms with Crippen molar-refractivity contribution in [1.29, 1.82) is 0 Å². The molecule has 0 aromatic heterocycles. The van der Waals surface area contributed by atoms with Gasteiger partial charge in [0.05, 0.1) is 0 Å². The highest BCUT2D eigenvalue weighted by Gasteiger charge is 2.48. The third-order valence-corrected chi connectivity index (χ3v) is 3.18. The summed E-state index contributed by atoms with van der Waals surface area (Å²) in [6.07, 6.45) is 0. The summed E-state index contributed by atoms with van der Waals surface area (Å²) in [6, 6.07) is 16.9. The Bertz CT molecular complexity index is 667. The van der Waals surface area contributed by atoms with Crippen LogP contribution in [0.25, 0.3) is 0 Å². The zero-order chi connectivity index (χ0) is 16.9. The predicted molar refractivity (Wildman–Crippen MR) is 82.2 cm³/mol. The van der Waals surface area contributed by atoms with E-state index in [-0.39, 0.29) is 0 Å². The Labute approximate surface area is 133 Å². The molecule has 0 spiro atoms. The van der Waals surface area contributed by atoms with Crippen molar-refractivity contribution >= 4 is 17.9 Å². The fourth-order valence-corrected chi connectivity index (χ4v) is 2.33. The summed E-state index contributed by atoms with van der Waals surface area (Å²) in [5, 5.41) is 0. The molecule has 118 valence electrons. The van der Waals surface area contributed by atoms with E-state index in [4.69, 9.17) is 9.47 Å². The van der Waals surface area contributed by atoms with Crippen LogP contribution in [0.1, 0.15) is 25.0 Å². The molecule has 0 amide bonds. The van der Waals surface area contributed by atoms with E-state index in [2.05, 4.69) is 0 Å². The van der Waals surface area contributed by atoms with E-state index >= 15 is 0 Å². The van der Waals surface area contributed by atoms with Crippen LogP contribution in [0.15, 0.2) is 60.7 Å². The first-order valence-corrected chi connectivity index (χ1v) is 7.00. The minimum absolute atomic E-state index is 0.396. The van der Waals surface area contributed by atoms with Crippen LogP contribution in [-0.2, 0) is 29.5 Å². The molecule has 2 rings (SSSR count). The highest BCUT2D eigenvalue weighted by Crippen LogP contribution is 2.35. The molecule has 0 radical (unpaired) electrons. The topological polar surface area (TPSA) is 69.7 Å². The zero-order valence-electron chi connectivity index (χ0n) is 12.8.